The molecule has 0 radical (unpaired) electrons. The van der Waals surface area contributed by atoms with E-state index in [1.807, 2.05) is 30.3 Å². The van der Waals surface area contributed by atoms with Gasteiger partial charge in [0.15, 0.2) is 5.60 Å². The minimum atomic E-state index is -2.04. The smallest absolute Gasteiger partial charge is 0.337 e. The predicted octanol–water partition coefficient (Wildman–Crippen LogP) is -0.147. The van der Waals surface area contributed by atoms with Crippen molar-refractivity contribution in [3.8, 4) is 11.4 Å². The molecular formula is C14H17N5O4. The quantitative estimate of drug-likeness (QED) is 0.675. The van der Waals surface area contributed by atoms with Crippen molar-refractivity contribution in [3.05, 3.63) is 30.3 Å². The molecule has 1 aromatic carbocycles. The molecule has 2 rings (SSSR count). The van der Waals surface area contributed by atoms with E-state index in [1.54, 1.807) is 6.92 Å². The van der Waals surface area contributed by atoms with Crippen LogP contribution in [-0.2, 0) is 9.59 Å². The van der Waals surface area contributed by atoms with Gasteiger partial charge in [-0.1, -0.05) is 30.3 Å². The highest BCUT2D eigenvalue weighted by Crippen LogP contribution is 2.13. The molecule has 0 saturated heterocycles. The summed E-state index contributed by atoms with van der Waals surface area (Å²) in [6.45, 7) is 2.22. The summed E-state index contributed by atoms with van der Waals surface area (Å²) in [4.78, 5) is 23.9. The lowest BCUT2D eigenvalue weighted by Gasteiger charge is -2.19. The Morgan fingerprint density at radius 2 is 2.00 bits per heavy atom. The molecule has 0 spiro atoms. The van der Waals surface area contributed by atoms with Crippen LogP contribution in [0.2, 0.25) is 0 Å². The second kappa shape index (κ2) is 6.53. The van der Waals surface area contributed by atoms with E-state index in [-0.39, 0.29) is 0 Å². The number of aromatic nitrogens is 4. The zero-order valence-corrected chi connectivity index (χ0v) is 12.7. The zero-order chi connectivity index (χ0) is 17.0. The molecule has 2 unspecified atom stereocenters. The molecular weight excluding hydrogens is 302 g/mol. The van der Waals surface area contributed by atoms with Gasteiger partial charge in [0.05, 0.1) is 6.54 Å². The fourth-order valence-electron chi connectivity index (χ4n) is 1.68. The Morgan fingerprint density at radius 3 is 2.61 bits per heavy atom. The van der Waals surface area contributed by atoms with Gasteiger partial charge in [-0.3, -0.25) is 4.79 Å². The van der Waals surface area contributed by atoms with Crippen LogP contribution >= 0.6 is 0 Å². The first kappa shape index (κ1) is 16.6. The van der Waals surface area contributed by atoms with E-state index in [0.717, 1.165) is 17.3 Å². The van der Waals surface area contributed by atoms with E-state index in [0.29, 0.717) is 5.82 Å². The molecule has 9 heteroatoms. The number of hydrogen-bond acceptors (Lipinski definition) is 6. The highest BCUT2D eigenvalue weighted by Gasteiger charge is 2.31. The van der Waals surface area contributed by atoms with Crippen molar-refractivity contribution in [1.29, 1.82) is 0 Å². The van der Waals surface area contributed by atoms with Gasteiger partial charge in [-0.05, 0) is 19.1 Å². The molecule has 2 aromatic rings. The number of rotatable bonds is 6. The highest BCUT2D eigenvalue weighted by atomic mass is 16.4. The highest BCUT2D eigenvalue weighted by molar-refractivity contribution is 5.82. The Hall–Kier alpha value is -2.81. The van der Waals surface area contributed by atoms with Crippen LogP contribution in [0.4, 0.5) is 0 Å². The maximum atomic E-state index is 12.0. The van der Waals surface area contributed by atoms with Crippen molar-refractivity contribution >= 4 is 11.9 Å². The second-order valence-corrected chi connectivity index (χ2v) is 5.27. The second-order valence-electron chi connectivity index (χ2n) is 5.27. The third kappa shape index (κ3) is 3.89. The molecule has 0 aliphatic heterocycles. The number of nitrogens with one attached hydrogen (secondary N) is 1. The molecule has 0 fully saturated rings. The number of carboxylic acid groups (broad SMARTS) is 1. The summed E-state index contributed by atoms with van der Waals surface area (Å²) < 4.78 is 0. The number of tetrazole rings is 1. The van der Waals surface area contributed by atoms with E-state index >= 15 is 0 Å². The largest absolute Gasteiger partial charge is 0.479 e. The van der Waals surface area contributed by atoms with Crippen LogP contribution in [0.15, 0.2) is 30.3 Å². The number of hydrogen-bond donors (Lipinski definition) is 3. The molecule has 0 bridgehead atoms. The van der Waals surface area contributed by atoms with Crippen molar-refractivity contribution in [1.82, 2.24) is 25.5 Å². The summed E-state index contributed by atoms with van der Waals surface area (Å²) in [6, 6.07) is 8.36. The molecule has 23 heavy (non-hydrogen) atoms. The van der Waals surface area contributed by atoms with Gasteiger partial charge >= 0.3 is 5.97 Å². The standard InChI is InChI=1S/C14H17N5O4/c1-9(12(20)15-8-14(2,23)13(21)22)19-17-11(16-18-19)10-6-4-3-5-7-10/h3-7,9,23H,8H2,1-2H3,(H,15,20)(H,21,22). The number of carboxylic acids is 1. The number of amides is 1. The summed E-state index contributed by atoms with van der Waals surface area (Å²) in [7, 11) is 0. The number of nitrogens with zero attached hydrogens (tertiary/aromatic N) is 4. The number of carbonyl (C=O) groups excluding carboxylic acids is 1. The Bertz CT molecular complexity index is 698. The van der Waals surface area contributed by atoms with E-state index in [9.17, 15) is 14.7 Å². The Kier molecular flexibility index (Phi) is 4.70. The molecule has 0 aliphatic rings. The first-order valence-corrected chi connectivity index (χ1v) is 6.89. The van der Waals surface area contributed by atoms with Crippen LogP contribution in [-0.4, -0.2) is 54.4 Å². The summed E-state index contributed by atoms with van der Waals surface area (Å²) in [6.07, 6.45) is 0. The summed E-state index contributed by atoms with van der Waals surface area (Å²) >= 11 is 0. The molecule has 122 valence electrons. The topological polar surface area (TPSA) is 130 Å². The number of benzene rings is 1. The van der Waals surface area contributed by atoms with Crippen molar-refractivity contribution in [2.24, 2.45) is 0 Å². The molecule has 1 amide bonds. The van der Waals surface area contributed by atoms with Crippen LogP contribution < -0.4 is 5.32 Å². The van der Waals surface area contributed by atoms with Crippen LogP contribution in [0.3, 0.4) is 0 Å². The van der Waals surface area contributed by atoms with Crippen molar-refractivity contribution < 1.29 is 19.8 Å². The molecule has 0 aliphatic carbocycles. The Morgan fingerprint density at radius 1 is 1.35 bits per heavy atom. The van der Waals surface area contributed by atoms with Gasteiger partial charge < -0.3 is 15.5 Å². The lowest BCUT2D eigenvalue weighted by Crippen LogP contribution is -2.48. The fraction of sp³-hybridized carbons (Fsp3) is 0.357. The van der Waals surface area contributed by atoms with Gasteiger partial charge in [0.1, 0.15) is 6.04 Å². The maximum Gasteiger partial charge on any atom is 0.337 e. The maximum absolute atomic E-state index is 12.0. The van der Waals surface area contributed by atoms with Crippen molar-refractivity contribution in [2.45, 2.75) is 25.5 Å². The molecule has 9 nitrogen and oxygen atoms in total. The third-order valence-corrected chi connectivity index (χ3v) is 3.25. The SMILES string of the molecule is CC(C(=O)NCC(C)(O)C(=O)O)n1nnc(-c2ccccc2)n1. The minimum Gasteiger partial charge on any atom is -0.479 e. The van der Waals surface area contributed by atoms with Gasteiger partial charge in [0, 0.05) is 5.56 Å². The summed E-state index contributed by atoms with van der Waals surface area (Å²) in [5.74, 6) is -1.57. The van der Waals surface area contributed by atoms with Gasteiger partial charge in [-0.15, -0.1) is 10.2 Å². The molecule has 1 aromatic heterocycles. The van der Waals surface area contributed by atoms with Crippen molar-refractivity contribution in [2.75, 3.05) is 6.54 Å². The average Bonchev–Trinajstić information content (AvgIpc) is 3.02. The first-order chi connectivity index (χ1) is 10.8. The Balaban J connectivity index is 2.03. The first-order valence-electron chi connectivity index (χ1n) is 6.89. The van der Waals surface area contributed by atoms with Gasteiger partial charge in [0.25, 0.3) is 0 Å². The number of aliphatic carboxylic acids is 1. The van der Waals surface area contributed by atoms with E-state index in [4.69, 9.17) is 5.11 Å². The molecule has 0 saturated carbocycles. The minimum absolute atomic E-state index is 0.378. The zero-order valence-electron chi connectivity index (χ0n) is 12.7. The monoisotopic (exact) mass is 319 g/mol. The van der Waals surface area contributed by atoms with E-state index in [1.165, 1.54) is 0 Å². The predicted molar refractivity (Wildman–Crippen MR) is 79.2 cm³/mol. The average molecular weight is 319 g/mol. The van der Waals surface area contributed by atoms with Gasteiger partial charge in [-0.2, -0.15) is 4.80 Å². The van der Waals surface area contributed by atoms with Crippen LogP contribution in [0, 0.1) is 0 Å². The Labute approximate surface area is 131 Å². The van der Waals surface area contributed by atoms with E-state index < -0.39 is 30.1 Å². The molecule has 2 atom stereocenters. The number of aliphatic hydroxyl groups is 1. The van der Waals surface area contributed by atoms with Gasteiger partial charge in [-0.25, -0.2) is 4.79 Å². The third-order valence-electron chi connectivity index (χ3n) is 3.25. The van der Waals surface area contributed by atoms with Crippen LogP contribution in [0.1, 0.15) is 19.9 Å². The summed E-state index contributed by atoms with van der Waals surface area (Å²) in [5.41, 5.74) is -1.28. The lowest BCUT2D eigenvalue weighted by atomic mass is 10.1. The normalized spacial score (nSPS) is 14.7. The molecule has 1 heterocycles. The van der Waals surface area contributed by atoms with Crippen molar-refractivity contribution in [3.63, 3.8) is 0 Å². The fourth-order valence-corrected chi connectivity index (χ4v) is 1.68. The number of carbonyl (C=O) groups is 2. The van der Waals surface area contributed by atoms with Crippen LogP contribution in [0.25, 0.3) is 11.4 Å². The van der Waals surface area contributed by atoms with Gasteiger partial charge in [0.2, 0.25) is 11.7 Å². The lowest BCUT2D eigenvalue weighted by molar-refractivity contribution is -0.156. The summed E-state index contributed by atoms with van der Waals surface area (Å²) in [5, 5.41) is 32.6. The van der Waals surface area contributed by atoms with Crippen LogP contribution in [0.5, 0.6) is 0 Å². The molecule has 3 N–H and O–H groups in total. The van der Waals surface area contributed by atoms with E-state index in [2.05, 4.69) is 20.7 Å².